The maximum absolute atomic E-state index is 14.3. The van der Waals surface area contributed by atoms with Gasteiger partial charge < -0.3 is 19.3 Å². The van der Waals surface area contributed by atoms with E-state index in [1.807, 2.05) is 12.1 Å². The fraction of sp³-hybridized carbons (Fsp3) is 0.382. The van der Waals surface area contributed by atoms with Crippen molar-refractivity contribution in [2.75, 3.05) is 13.2 Å². The molecule has 13 heteroatoms. The fourth-order valence-electron chi connectivity index (χ4n) is 5.06. The summed E-state index contributed by atoms with van der Waals surface area (Å²) >= 11 is 6.14. The molecule has 3 aromatic rings. The van der Waals surface area contributed by atoms with Crippen molar-refractivity contribution >= 4 is 29.4 Å². The van der Waals surface area contributed by atoms with Gasteiger partial charge >= 0.3 is 5.97 Å². The van der Waals surface area contributed by atoms with Crippen LogP contribution in [0.25, 0.3) is 10.4 Å². The Morgan fingerprint density at radius 1 is 1.13 bits per heavy atom. The van der Waals surface area contributed by atoms with Gasteiger partial charge in [-0.25, -0.2) is 10.4 Å². The highest BCUT2D eigenvalue weighted by molar-refractivity contribution is 6.30. The molecule has 3 aromatic carbocycles. The number of carbonyl (C=O) groups is 2. The second kappa shape index (κ2) is 16.3. The van der Waals surface area contributed by atoms with E-state index in [1.54, 1.807) is 81.4 Å². The molecule has 0 saturated heterocycles. The number of nitrogens with one attached hydrogen (secondary N) is 2. The number of hydrogen-bond donors (Lipinski definition) is 3. The summed E-state index contributed by atoms with van der Waals surface area (Å²) in [6.07, 6.45) is -0.696. The highest BCUT2D eigenvalue weighted by Gasteiger charge is 2.54. The van der Waals surface area contributed by atoms with E-state index in [9.17, 15) is 9.59 Å². The van der Waals surface area contributed by atoms with Crippen molar-refractivity contribution in [3.05, 3.63) is 111 Å². The van der Waals surface area contributed by atoms with E-state index in [0.717, 1.165) is 5.56 Å². The number of aliphatic hydroxyl groups is 1. The first-order chi connectivity index (χ1) is 22.5. The van der Waals surface area contributed by atoms with Crippen molar-refractivity contribution < 1.29 is 28.9 Å². The zero-order chi connectivity index (χ0) is 33.9. The van der Waals surface area contributed by atoms with Crippen LogP contribution < -0.4 is 15.6 Å². The van der Waals surface area contributed by atoms with E-state index in [-0.39, 0.29) is 38.4 Å². The molecule has 4 rings (SSSR count). The van der Waals surface area contributed by atoms with Crippen molar-refractivity contribution in [1.29, 1.82) is 0 Å². The number of halogens is 1. The van der Waals surface area contributed by atoms with E-state index >= 15 is 0 Å². The number of aliphatic imine (C=N–C) groups is 1. The highest BCUT2D eigenvalue weighted by Crippen LogP contribution is 2.44. The summed E-state index contributed by atoms with van der Waals surface area (Å²) in [7, 11) is 0. The average molecular weight is 663 g/mol. The van der Waals surface area contributed by atoms with Gasteiger partial charge in [0, 0.05) is 41.5 Å². The van der Waals surface area contributed by atoms with Gasteiger partial charge in [-0.3, -0.25) is 15.0 Å². The summed E-state index contributed by atoms with van der Waals surface area (Å²) in [5, 5.41) is 13.4. The van der Waals surface area contributed by atoms with Crippen molar-refractivity contribution in [3.8, 4) is 5.75 Å². The van der Waals surface area contributed by atoms with Gasteiger partial charge in [-0.2, -0.15) is 0 Å². The molecule has 1 aliphatic rings. The van der Waals surface area contributed by atoms with Crippen LogP contribution >= 0.6 is 11.6 Å². The Balaban J connectivity index is 1.75. The zero-order valence-corrected chi connectivity index (χ0v) is 27.4. The summed E-state index contributed by atoms with van der Waals surface area (Å²) in [5.41, 5.74) is 15.1. The Morgan fingerprint density at radius 2 is 1.89 bits per heavy atom. The Bertz CT molecular complexity index is 1620. The molecule has 2 atom stereocenters. The molecule has 0 aromatic heterocycles. The van der Waals surface area contributed by atoms with Crippen LogP contribution in [0, 0.1) is 0 Å². The third kappa shape index (κ3) is 9.69. The number of esters is 1. The smallest absolute Gasteiger partial charge is 0.306 e. The van der Waals surface area contributed by atoms with E-state index in [4.69, 9.17) is 41.4 Å². The van der Waals surface area contributed by atoms with Crippen molar-refractivity contribution in [2.45, 2.75) is 70.4 Å². The molecule has 0 bridgehead atoms. The molecule has 248 valence electrons. The molecule has 1 aliphatic heterocycles. The lowest BCUT2D eigenvalue weighted by Crippen LogP contribution is -2.53. The van der Waals surface area contributed by atoms with Gasteiger partial charge in [-0.1, -0.05) is 53.1 Å². The van der Waals surface area contributed by atoms with Gasteiger partial charge in [0.25, 0.3) is 5.91 Å². The van der Waals surface area contributed by atoms with Gasteiger partial charge in [0.15, 0.2) is 11.6 Å². The number of azide groups is 1. The quantitative estimate of drug-likeness (QED) is 0.0440. The number of hydrazine groups is 1. The average Bonchev–Trinajstić information content (AvgIpc) is 3.43. The standard InChI is InChI=1S/C34H39ClN6O6/c1-33(2,3)47-29(43)16-17-34(32(44)40-37-21-23-8-6-10-26(35)20-23)30(28-11-5-4-9-25(28)22-38-41-36)46-31(39-34)24-12-14-27(15-13-24)45-19-7-18-42/h4-6,8-15,20,30,37,42H,7,16-19,21-22H2,1-3H3,(H,40,44)/t30-,34-/m0/s1. The number of carbonyl (C=O) groups excluding carboxylic acids is 2. The first-order valence-corrected chi connectivity index (χ1v) is 15.6. The van der Waals surface area contributed by atoms with E-state index in [0.29, 0.717) is 40.5 Å². The van der Waals surface area contributed by atoms with Crippen LogP contribution in [0.2, 0.25) is 5.02 Å². The minimum absolute atomic E-state index is 0.0124. The van der Waals surface area contributed by atoms with Gasteiger partial charge in [-0.15, -0.1) is 0 Å². The number of nitrogens with zero attached hydrogens (tertiary/aromatic N) is 4. The van der Waals surface area contributed by atoms with Crippen molar-refractivity contribution in [3.63, 3.8) is 0 Å². The molecule has 0 fully saturated rings. The lowest BCUT2D eigenvalue weighted by Gasteiger charge is -2.31. The Kier molecular flexibility index (Phi) is 12.2. The second-order valence-electron chi connectivity index (χ2n) is 11.9. The molecule has 1 heterocycles. The summed E-state index contributed by atoms with van der Waals surface area (Å²) in [5.74, 6) is -0.253. The normalized spacial score (nSPS) is 17.2. The highest BCUT2D eigenvalue weighted by atomic mass is 35.5. The molecular weight excluding hydrogens is 624 g/mol. The van der Waals surface area contributed by atoms with Crippen molar-refractivity contribution in [1.82, 2.24) is 10.9 Å². The third-order valence-corrected chi connectivity index (χ3v) is 7.42. The summed E-state index contributed by atoms with van der Waals surface area (Å²) in [4.78, 5) is 35.2. The monoisotopic (exact) mass is 662 g/mol. The second-order valence-corrected chi connectivity index (χ2v) is 12.3. The number of rotatable bonds is 15. The van der Waals surface area contributed by atoms with E-state index in [2.05, 4.69) is 20.9 Å². The van der Waals surface area contributed by atoms with Gasteiger partial charge in [-0.05, 0) is 85.8 Å². The van der Waals surface area contributed by atoms with Gasteiger partial charge in [0.2, 0.25) is 5.90 Å². The topological polar surface area (TPSA) is 167 Å². The molecular formula is C34H39ClN6O6. The molecule has 0 aliphatic carbocycles. The van der Waals surface area contributed by atoms with Crippen LogP contribution in [-0.4, -0.2) is 47.2 Å². The minimum Gasteiger partial charge on any atom is -0.494 e. The van der Waals surface area contributed by atoms with E-state index < -0.39 is 29.1 Å². The Hall–Kier alpha value is -4.61. The lowest BCUT2D eigenvalue weighted by atomic mass is 9.82. The molecule has 1 amide bonds. The largest absolute Gasteiger partial charge is 0.494 e. The third-order valence-electron chi connectivity index (χ3n) is 7.19. The van der Waals surface area contributed by atoms with Crippen LogP contribution in [0.1, 0.15) is 68.4 Å². The van der Waals surface area contributed by atoms with Gasteiger partial charge in [0.1, 0.15) is 11.4 Å². The summed E-state index contributed by atoms with van der Waals surface area (Å²) in [6, 6.07) is 21.4. The maximum Gasteiger partial charge on any atom is 0.306 e. The predicted octanol–water partition coefficient (Wildman–Crippen LogP) is 6.11. The minimum atomic E-state index is -1.64. The molecule has 0 unspecified atom stereocenters. The van der Waals surface area contributed by atoms with Crippen LogP contribution in [0.3, 0.4) is 0 Å². The number of ether oxygens (including phenoxy) is 3. The first-order valence-electron chi connectivity index (χ1n) is 15.2. The first kappa shape index (κ1) is 35.2. The van der Waals surface area contributed by atoms with Crippen molar-refractivity contribution in [2.24, 2.45) is 10.1 Å². The van der Waals surface area contributed by atoms with Crippen LogP contribution in [0.15, 0.2) is 82.9 Å². The molecule has 0 saturated carbocycles. The molecule has 47 heavy (non-hydrogen) atoms. The van der Waals surface area contributed by atoms with E-state index in [1.165, 1.54) is 0 Å². The van der Waals surface area contributed by atoms with Gasteiger partial charge in [0.05, 0.1) is 13.2 Å². The number of amides is 1. The number of benzene rings is 3. The summed E-state index contributed by atoms with van der Waals surface area (Å²) < 4.78 is 17.8. The zero-order valence-electron chi connectivity index (χ0n) is 26.6. The molecule has 3 N–H and O–H groups in total. The van der Waals surface area contributed by atoms with Crippen LogP contribution in [-0.2, 0) is 32.2 Å². The molecule has 0 spiro atoms. The predicted molar refractivity (Wildman–Crippen MR) is 178 cm³/mol. The SMILES string of the molecule is CC(C)(C)OC(=O)CC[C@]1(C(=O)NNCc2cccc(Cl)c2)N=C(c2ccc(OCCCO)cc2)O[C@H]1c1ccccc1CN=[N+]=[N-]. The fourth-order valence-corrected chi connectivity index (χ4v) is 5.27. The molecule has 0 radical (unpaired) electrons. The summed E-state index contributed by atoms with van der Waals surface area (Å²) in [6.45, 7) is 5.97. The molecule has 12 nitrogen and oxygen atoms in total. The van der Waals surface area contributed by atoms with Crippen LogP contribution in [0.4, 0.5) is 0 Å². The Morgan fingerprint density at radius 3 is 2.60 bits per heavy atom. The Labute approximate surface area is 278 Å². The van der Waals surface area contributed by atoms with Crippen LogP contribution in [0.5, 0.6) is 5.75 Å². The number of hydrogen-bond acceptors (Lipinski definition) is 9. The maximum atomic E-state index is 14.3. The lowest BCUT2D eigenvalue weighted by molar-refractivity contribution is -0.155. The number of aliphatic hydroxyl groups excluding tert-OH is 1.